The van der Waals surface area contributed by atoms with E-state index >= 15 is 0 Å². The van der Waals surface area contributed by atoms with E-state index in [9.17, 15) is 10.2 Å². The average molecular weight is 711 g/mol. The largest absolute Gasteiger partial charge is 0.491 e. The SMILES string of the molecule is C=CCOCC(O)CC1=CC(C(c2ccccc2)(c2ccccc2)c2ccc(OCC(O)COCCCC)c(CC3CO3)c2)=CCC1OCC1CO1. The molecule has 8 nitrogen and oxygen atoms in total. The summed E-state index contributed by atoms with van der Waals surface area (Å²) in [6.45, 7) is 9.38. The second-order valence-corrected chi connectivity index (χ2v) is 13.9. The molecule has 0 amide bonds. The maximum Gasteiger partial charge on any atom is 0.122 e. The molecule has 1 aliphatic carbocycles. The minimum Gasteiger partial charge on any atom is -0.491 e. The Bertz CT molecular complexity index is 1570. The van der Waals surface area contributed by atoms with Gasteiger partial charge in [-0.2, -0.15) is 0 Å². The van der Waals surface area contributed by atoms with Gasteiger partial charge in [0.25, 0.3) is 0 Å². The van der Waals surface area contributed by atoms with Crippen molar-refractivity contribution < 1.29 is 38.6 Å². The topological polar surface area (TPSA) is 102 Å². The number of benzene rings is 3. The second kappa shape index (κ2) is 18.9. The normalized spacial score (nSPS) is 20.8. The van der Waals surface area contributed by atoms with Gasteiger partial charge in [0.05, 0.1) is 63.4 Å². The van der Waals surface area contributed by atoms with Crippen molar-refractivity contribution in [2.75, 3.05) is 52.9 Å². The van der Waals surface area contributed by atoms with Gasteiger partial charge in [0.2, 0.25) is 0 Å². The summed E-state index contributed by atoms with van der Waals surface area (Å²) in [4.78, 5) is 0. The van der Waals surface area contributed by atoms with Crippen molar-refractivity contribution in [3.05, 3.63) is 137 Å². The fraction of sp³-hybridized carbons (Fsp3) is 0.455. The van der Waals surface area contributed by atoms with E-state index in [1.165, 1.54) is 0 Å². The zero-order valence-corrected chi connectivity index (χ0v) is 30.4. The third-order valence-electron chi connectivity index (χ3n) is 9.78. The fourth-order valence-electron chi connectivity index (χ4n) is 6.99. The van der Waals surface area contributed by atoms with Crippen LogP contribution >= 0.6 is 0 Å². The van der Waals surface area contributed by atoms with Crippen molar-refractivity contribution in [3.63, 3.8) is 0 Å². The Morgan fingerprint density at radius 2 is 1.56 bits per heavy atom. The van der Waals surface area contributed by atoms with Crippen LogP contribution in [0.25, 0.3) is 0 Å². The summed E-state index contributed by atoms with van der Waals surface area (Å²) < 4.78 is 35.2. The molecule has 2 heterocycles. The second-order valence-electron chi connectivity index (χ2n) is 13.9. The number of hydrogen-bond acceptors (Lipinski definition) is 8. The molecule has 0 radical (unpaired) electrons. The molecule has 2 aliphatic heterocycles. The van der Waals surface area contributed by atoms with Gasteiger partial charge in [-0.1, -0.05) is 104 Å². The van der Waals surface area contributed by atoms with Gasteiger partial charge in [0.1, 0.15) is 24.6 Å². The van der Waals surface area contributed by atoms with Crippen LogP contribution < -0.4 is 4.74 Å². The molecule has 278 valence electrons. The molecule has 0 spiro atoms. The van der Waals surface area contributed by atoms with Crippen LogP contribution in [-0.2, 0) is 35.5 Å². The van der Waals surface area contributed by atoms with Gasteiger partial charge in [-0.25, -0.2) is 0 Å². The summed E-state index contributed by atoms with van der Waals surface area (Å²) in [5.41, 5.74) is 5.74. The molecule has 0 saturated carbocycles. The van der Waals surface area contributed by atoms with E-state index in [1.54, 1.807) is 6.08 Å². The van der Waals surface area contributed by atoms with E-state index in [-0.39, 0.29) is 38.1 Å². The van der Waals surface area contributed by atoms with Crippen LogP contribution in [0.4, 0.5) is 0 Å². The molecular formula is C44H54O8. The van der Waals surface area contributed by atoms with E-state index in [0.717, 1.165) is 58.6 Å². The summed E-state index contributed by atoms with van der Waals surface area (Å²) in [5, 5.41) is 21.8. The highest BCUT2D eigenvalue weighted by molar-refractivity contribution is 5.63. The van der Waals surface area contributed by atoms with Gasteiger partial charge in [0.15, 0.2) is 0 Å². The van der Waals surface area contributed by atoms with Gasteiger partial charge in [0, 0.05) is 13.0 Å². The zero-order valence-electron chi connectivity index (χ0n) is 30.4. The number of aliphatic hydroxyl groups excluding tert-OH is 2. The van der Waals surface area contributed by atoms with Crippen molar-refractivity contribution >= 4 is 0 Å². The molecule has 6 rings (SSSR count). The highest BCUT2D eigenvalue weighted by Gasteiger charge is 2.42. The molecule has 0 aromatic heterocycles. The predicted molar refractivity (Wildman–Crippen MR) is 202 cm³/mol. The van der Waals surface area contributed by atoms with Crippen LogP contribution in [0.15, 0.2) is 115 Å². The lowest BCUT2D eigenvalue weighted by atomic mass is 9.63. The lowest BCUT2D eigenvalue weighted by Crippen LogP contribution is -2.34. The van der Waals surface area contributed by atoms with Crippen molar-refractivity contribution in [1.82, 2.24) is 0 Å². The molecule has 8 heteroatoms. The Kier molecular flexibility index (Phi) is 13.9. The quantitative estimate of drug-likeness (QED) is 0.0497. The Morgan fingerprint density at radius 3 is 2.21 bits per heavy atom. The number of epoxide rings is 2. The van der Waals surface area contributed by atoms with Crippen LogP contribution in [0, 0.1) is 0 Å². The molecule has 3 aromatic carbocycles. The minimum atomic E-state index is -0.732. The molecule has 5 atom stereocenters. The number of ether oxygens (including phenoxy) is 6. The predicted octanol–water partition coefficient (Wildman–Crippen LogP) is 6.51. The molecule has 3 aromatic rings. The number of allylic oxidation sites excluding steroid dienone is 2. The first-order valence-electron chi connectivity index (χ1n) is 18.8. The highest BCUT2D eigenvalue weighted by Crippen LogP contribution is 2.49. The standard InChI is InChI=1S/C44H54O8/c1-3-5-21-48-27-39(46)28-51-43-19-17-37(23-33(43)25-40-29-49-40)44(34-12-8-6-9-13-34,35-14-10-7-11-15-35)36-16-18-42(52-31-41-30-50-41)32(22-36)24-38(45)26-47-20-4-2/h4,6-17,19,22-23,38-42,45-46H,2-3,5,18,20-21,24-31H2,1H3. The van der Waals surface area contributed by atoms with E-state index in [2.05, 4.69) is 86.3 Å². The molecule has 0 bridgehead atoms. The molecule has 2 N–H and O–H groups in total. The number of aliphatic hydroxyl groups is 2. The molecular weight excluding hydrogens is 656 g/mol. The zero-order chi connectivity index (χ0) is 36.2. The van der Waals surface area contributed by atoms with Crippen molar-refractivity contribution in [2.24, 2.45) is 0 Å². The molecule has 2 saturated heterocycles. The Balaban J connectivity index is 1.41. The molecule has 2 fully saturated rings. The van der Waals surface area contributed by atoms with Crippen LogP contribution in [0.1, 0.15) is 54.9 Å². The van der Waals surface area contributed by atoms with Crippen molar-refractivity contribution in [2.45, 2.75) is 75.0 Å². The number of hydrogen-bond donors (Lipinski definition) is 2. The third kappa shape index (κ3) is 10.1. The van der Waals surface area contributed by atoms with Crippen molar-refractivity contribution in [1.29, 1.82) is 0 Å². The summed E-state index contributed by atoms with van der Waals surface area (Å²) >= 11 is 0. The van der Waals surface area contributed by atoms with Gasteiger partial charge < -0.3 is 38.6 Å². The van der Waals surface area contributed by atoms with Crippen LogP contribution in [0.3, 0.4) is 0 Å². The fourth-order valence-corrected chi connectivity index (χ4v) is 6.99. The summed E-state index contributed by atoms with van der Waals surface area (Å²) in [5.74, 6) is 0.731. The van der Waals surface area contributed by atoms with E-state index in [4.69, 9.17) is 28.4 Å². The number of unbranched alkanes of at least 4 members (excludes halogenated alkanes) is 1. The summed E-state index contributed by atoms with van der Waals surface area (Å²) in [6.07, 6.45) is 8.62. The summed E-state index contributed by atoms with van der Waals surface area (Å²) in [7, 11) is 0. The molecule has 52 heavy (non-hydrogen) atoms. The van der Waals surface area contributed by atoms with Gasteiger partial charge in [-0.05, 0) is 58.7 Å². The van der Waals surface area contributed by atoms with Crippen LogP contribution in [-0.4, -0.2) is 93.6 Å². The van der Waals surface area contributed by atoms with E-state index in [0.29, 0.717) is 45.7 Å². The first kappa shape index (κ1) is 38.1. The van der Waals surface area contributed by atoms with E-state index < -0.39 is 17.6 Å². The maximum atomic E-state index is 11.1. The Labute approximate surface area is 308 Å². The van der Waals surface area contributed by atoms with Gasteiger partial charge >= 0.3 is 0 Å². The summed E-state index contributed by atoms with van der Waals surface area (Å²) in [6, 6.07) is 27.6. The first-order chi connectivity index (χ1) is 25.5. The van der Waals surface area contributed by atoms with Gasteiger partial charge in [-0.15, -0.1) is 6.58 Å². The van der Waals surface area contributed by atoms with Crippen molar-refractivity contribution in [3.8, 4) is 5.75 Å². The maximum absolute atomic E-state index is 11.1. The Hall–Kier alpha value is -3.60. The highest BCUT2D eigenvalue weighted by atomic mass is 16.6. The molecule has 3 aliphatic rings. The molecule has 5 unspecified atom stereocenters. The van der Waals surface area contributed by atoms with E-state index in [1.807, 2.05) is 18.2 Å². The smallest absolute Gasteiger partial charge is 0.122 e. The lowest BCUT2D eigenvalue weighted by Gasteiger charge is -2.40. The lowest BCUT2D eigenvalue weighted by molar-refractivity contribution is 0.0111. The van der Waals surface area contributed by atoms with Gasteiger partial charge in [-0.3, -0.25) is 0 Å². The monoisotopic (exact) mass is 710 g/mol. The Morgan fingerprint density at radius 1 is 0.865 bits per heavy atom. The first-order valence-corrected chi connectivity index (χ1v) is 18.8. The number of rotatable bonds is 23. The third-order valence-corrected chi connectivity index (χ3v) is 9.78. The van der Waals surface area contributed by atoms with Crippen LogP contribution in [0.5, 0.6) is 5.75 Å². The average Bonchev–Trinajstić information content (AvgIpc) is 4.12. The minimum absolute atomic E-state index is 0.126. The van der Waals surface area contributed by atoms with Crippen LogP contribution in [0.2, 0.25) is 0 Å².